The van der Waals surface area contributed by atoms with Crippen LogP contribution in [0.4, 0.5) is 14.5 Å². The first kappa shape index (κ1) is 20.3. The Balaban J connectivity index is 1.46. The highest BCUT2D eigenvalue weighted by Crippen LogP contribution is 2.46. The van der Waals surface area contributed by atoms with Gasteiger partial charge in [0.15, 0.2) is 0 Å². The van der Waals surface area contributed by atoms with E-state index in [4.69, 9.17) is 9.84 Å². The second kappa shape index (κ2) is 8.02. The van der Waals surface area contributed by atoms with Crippen molar-refractivity contribution < 1.29 is 28.2 Å². The van der Waals surface area contributed by atoms with Gasteiger partial charge in [-0.2, -0.15) is 0 Å². The van der Waals surface area contributed by atoms with E-state index in [1.807, 2.05) is 6.07 Å². The van der Waals surface area contributed by atoms with Gasteiger partial charge in [-0.25, -0.2) is 8.78 Å². The standard InChI is InChI=1S/C22H22F2N2O4/c23-16-2-1-3-17(24)20(16)21(29)25-14-4-5-15-18(12-14)30-13-22(15)7-10-26(11-8-22)9-6-19(27)28/h1-5,12H,6-11,13H2,(H,25,29)(H,27,28). The Hall–Kier alpha value is -3.00. The summed E-state index contributed by atoms with van der Waals surface area (Å²) in [5.41, 5.74) is 0.701. The van der Waals surface area contributed by atoms with Crippen LogP contribution in [0.25, 0.3) is 0 Å². The largest absolute Gasteiger partial charge is 0.492 e. The van der Waals surface area contributed by atoms with Crippen LogP contribution >= 0.6 is 0 Å². The van der Waals surface area contributed by atoms with Crippen molar-refractivity contribution in [3.05, 3.63) is 59.2 Å². The number of hydrogen-bond acceptors (Lipinski definition) is 4. The molecule has 2 aromatic rings. The van der Waals surface area contributed by atoms with Gasteiger partial charge in [-0.1, -0.05) is 12.1 Å². The summed E-state index contributed by atoms with van der Waals surface area (Å²) < 4.78 is 33.5. The molecular weight excluding hydrogens is 394 g/mol. The molecule has 2 aromatic carbocycles. The third kappa shape index (κ3) is 3.87. The second-order valence-corrected chi connectivity index (χ2v) is 7.82. The van der Waals surface area contributed by atoms with E-state index in [0.717, 1.165) is 43.6 Å². The molecule has 8 heteroatoms. The number of anilines is 1. The minimum atomic E-state index is -0.918. The molecule has 0 unspecified atom stereocenters. The first-order valence-corrected chi connectivity index (χ1v) is 9.85. The number of carboxylic acid groups (broad SMARTS) is 1. The minimum Gasteiger partial charge on any atom is -0.492 e. The van der Waals surface area contributed by atoms with Gasteiger partial charge in [0, 0.05) is 29.3 Å². The number of aliphatic carboxylic acids is 1. The van der Waals surface area contributed by atoms with Crippen molar-refractivity contribution in [2.75, 3.05) is 31.6 Å². The number of carbonyl (C=O) groups excluding carboxylic acids is 1. The fourth-order valence-electron chi connectivity index (χ4n) is 4.23. The Bertz CT molecular complexity index is 967. The van der Waals surface area contributed by atoms with Crippen LogP contribution in [-0.4, -0.2) is 48.1 Å². The quantitative estimate of drug-likeness (QED) is 0.781. The number of carbonyl (C=O) groups is 2. The van der Waals surface area contributed by atoms with Crippen LogP contribution in [0, 0.1) is 11.6 Å². The number of nitrogens with zero attached hydrogens (tertiary/aromatic N) is 1. The van der Waals surface area contributed by atoms with Crippen molar-refractivity contribution in [2.24, 2.45) is 0 Å². The van der Waals surface area contributed by atoms with Gasteiger partial charge in [0.25, 0.3) is 5.91 Å². The van der Waals surface area contributed by atoms with Gasteiger partial charge in [-0.3, -0.25) is 9.59 Å². The number of ether oxygens (including phenoxy) is 1. The molecule has 2 heterocycles. The van der Waals surface area contributed by atoms with Crippen LogP contribution in [0.1, 0.15) is 35.2 Å². The minimum absolute atomic E-state index is 0.130. The van der Waals surface area contributed by atoms with E-state index in [-0.39, 0.29) is 11.8 Å². The average Bonchev–Trinajstić information content (AvgIpc) is 3.05. The average molecular weight is 416 g/mol. The Kier molecular flexibility index (Phi) is 5.42. The molecule has 0 radical (unpaired) electrons. The zero-order chi connectivity index (χ0) is 21.3. The molecule has 0 saturated carbocycles. The van der Waals surface area contributed by atoms with Crippen LogP contribution < -0.4 is 10.1 Å². The van der Waals surface area contributed by atoms with Crippen LogP contribution in [0.5, 0.6) is 5.75 Å². The zero-order valence-electron chi connectivity index (χ0n) is 16.3. The molecule has 6 nitrogen and oxygen atoms in total. The molecule has 1 spiro atoms. The topological polar surface area (TPSA) is 78.9 Å². The van der Waals surface area contributed by atoms with E-state index >= 15 is 0 Å². The third-order valence-electron chi connectivity index (χ3n) is 5.96. The maximum absolute atomic E-state index is 13.8. The summed E-state index contributed by atoms with van der Waals surface area (Å²) in [4.78, 5) is 25.2. The second-order valence-electron chi connectivity index (χ2n) is 7.82. The summed E-state index contributed by atoms with van der Waals surface area (Å²) in [5, 5.41) is 11.4. The first-order chi connectivity index (χ1) is 14.4. The third-order valence-corrected chi connectivity index (χ3v) is 5.96. The number of amides is 1. The number of piperidine rings is 1. The SMILES string of the molecule is O=C(O)CCN1CCC2(CC1)COc1cc(NC(=O)c3c(F)cccc3F)ccc12. The van der Waals surface area contributed by atoms with Crippen LogP contribution in [0.15, 0.2) is 36.4 Å². The molecule has 1 fully saturated rings. The summed E-state index contributed by atoms with van der Waals surface area (Å²) in [6.45, 7) is 2.65. The predicted octanol–water partition coefficient (Wildman–Crippen LogP) is 3.42. The Morgan fingerprint density at radius 1 is 1.13 bits per heavy atom. The summed E-state index contributed by atoms with van der Waals surface area (Å²) in [5.74, 6) is -2.84. The van der Waals surface area contributed by atoms with Crippen molar-refractivity contribution in [1.29, 1.82) is 0 Å². The molecule has 2 aliphatic heterocycles. The number of hydrogen-bond donors (Lipinski definition) is 2. The van der Waals surface area contributed by atoms with Gasteiger partial charge in [0.05, 0.1) is 13.0 Å². The lowest BCUT2D eigenvalue weighted by molar-refractivity contribution is -0.137. The molecule has 0 bridgehead atoms. The summed E-state index contributed by atoms with van der Waals surface area (Å²) in [6, 6.07) is 8.56. The Morgan fingerprint density at radius 2 is 1.83 bits per heavy atom. The van der Waals surface area contributed by atoms with Crippen molar-refractivity contribution >= 4 is 17.6 Å². The Labute approximate surface area is 172 Å². The fraction of sp³-hybridized carbons (Fsp3) is 0.364. The van der Waals surface area contributed by atoms with E-state index in [2.05, 4.69) is 10.2 Å². The monoisotopic (exact) mass is 416 g/mol. The van der Waals surface area contributed by atoms with E-state index in [1.54, 1.807) is 12.1 Å². The van der Waals surface area contributed by atoms with Gasteiger partial charge in [-0.15, -0.1) is 0 Å². The molecule has 1 saturated heterocycles. The smallest absolute Gasteiger partial charge is 0.304 e. The number of rotatable bonds is 5. The highest BCUT2D eigenvalue weighted by atomic mass is 19.1. The highest BCUT2D eigenvalue weighted by Gasteiger charge is 2.43. The summed E-state index contributed by atoms with van der Waals surface area (Å²) in [7, 11) is 0. The maximum Gasteiger partial charge on any atom is 0.304 e. The molecule has 0 aliphatic carbocycles. The van der Waals surface area contributed by atoms with Gasteiger partial charge >= 0.3 is 5.97 Å². The Morgan fingerprint density at radius 3 is 2.50 bits per heavy atom. The number of likely N-dealkylation sites (tertiary alicyclic amines) is 1. The molecule has 2 N–H and O–H groups in total. The van der Waals surface area contributed by atoms with Gasteiger partial charge < -0.3 is 20.1 Å². The van der Waals surface area contributed by atoms with E-state index < -0.39 is 29.1 Å². The number of fused-ring (bicyclic) bond motifs is 2. The predicted molar refractivity (Wildman–Crippen MR) is 106 cm³/mol. The number of benzene rings is 2. The summed E-state index contributed by atoms with van der Waals surface area (Å²) in [6.07, 6.45) is 1.84. The van der Waals surface area contributed by atoms with Crippen LogP contribution in [0.2, 0.25) is 0 Å². The highest BCUT2D eigenvalue weighted by molar-refractivity contribution is 6.04. The summed E-state index contributed by atoms with van der Waals surface area (Å²) >= 11 is 0. The lowest BCUT2D eigenvalue weighted by Gasteiger charge is -2.38. The van der Waals surface area contributed by atoms with Crippen molar-refractivity contribution in [3.63, 3.8) is 0 Å². The molecule has 0 aromatic heterocycles. The molecular formula is C22H22F2N2O4. The van der Waals surface area contributed by atoms with Crippen molar-refractivity contribution in [1.82, 2.24) is 4.90 Å². The van der Waals surface area contributed by atoms with Crippen LogP contribution in [0.3, 0.4) is 0 Å². The number of nitrogens with one attached hydrogen (secondary N) is 1. The van der Waals surface area contributed by atoms with E-state index in [0.29, 0.717) is 24.6 Å². The molecule has 4 rings (SSSR count). The lowest BCUT2D eigenvalue weighted by Crippen LogP contribution is -2.44. The molecule has 0 atom stereocenters. The molecule has 158 valence electrons. The molecule has 1 amide bonds. The zero-order valence-corrected chi connectivity index (χ0v) is 16.3. The van der Waals surface area contributed by atoms with Gasteiger partial charge in [0.1, 0.15) is 22.9 Å². The molecule has 2 aliphatic rings. The number of halogens is 2. The van der Waals surface area contributed by atoms with E-state index in [1.165, 1.54) is 6.07 Å². The van der Waals surface area contributed by atoms with Gasteiger partial charge in [-0.05, 0) is 44.1 Å². The number of carboxylic acids is 1. The fourth-order valence-corrected chi connectivity index (χ4v) is 4.23. The van der Waals surface area contributed by atoms with Crippen molar-refractivity contribution in [3.8, 4) is 5.75 Å². The van der Waals surface area contributed by atoms with E-state index in [9.17, 15) is 18.4 Å². The van der Waals surface area contributed by atoms with Crippen molar-refractivity contribution in [2.45, 2.75) is 24.7 Å². The maximum atomic E-state index is 13.8. The van der Waals surface area contributed by atoms with Gasteiger partial charge in [0.2, 0.25) is 0 Å². The lowest BCUT2D eigenvalue weighted by atomic mass is 9.74. The van der Waals surface area contributed by atoms with Crippen LogP contribution in [-0.2, 0) is 10.2 Å². The molecule has 30 heavy (non-hydrogen) atoms. The first-order valence-electron chi connectivity index (χ1n) is 9.85. The normalized spacial score (nSPS) is 17.4.